The van der Waals surface area contributed by atoms with Crippen LogP contribution in [0.4, 0.5) is 4.79 Å². The zero-order valence-electron chi connectivity index (χ0n) is 11.3. The van der Waals surface area contributed by atoms with Crippen molar-refractivity contribution in [2.75, 3.05) is 13.2 Å². The highest BCUT2D eigenvalue weighted by Crippen LogP contribution is 2.28. The van der Waals surface area contributed by atoms with Crippen LogP contribution in [0.1, 0.15) is 46.5 Å². The van der Waals surface area contributed by atoms with Gasteiger partial charge in [0.15, 0.2) is 0 Å². The third-order valence-corrected chi connectivity index (χ3v) is 3.23. The average molecular weight is 242 g/mol. The number of hydrogen-bond acceptors (Lipinski definition) is 3. The van der Waals surface area contributed by atoms with Gasteiger partial charge in [-0.2, -0.15) is 0 Å². The fraction of sp³-hybridized carbons (Fsp3) is 0.923. The zero-order chi connectivity index (χ0) is 12.9. The first kappa shape index (κ1) is 14.3. The molecule has 1 fully saturated rings. The van der Waals surface area contributed by atoms with Gasteiger partial charge in [0.1, 0.15) is 0 Å². The molecule has 0 bridgehead atoms. The molecule has 100 valence electrons. The molecule has 0 atom stereocenters. The first-order valence-corrected chi connectivity index (χ1v) is 6.55. The number of ether oxygens (including phenoxy) is 1. The van der Waals surface area contributed by atoms with Gasteiger partial charge < -0.3 is 15.8 Å². The van der Waals surface area contributed by atoms with Crippen LogP contribution in [0.5, 0.6) is 0 Å². The van der Waals surface area contributed by atoms with E-state index in [9.17, 15) is 4.79 Å². The Bertz CT molecular complexity index is 240. The molecule has 0 unspecified atom stereocenters. The SMILES string of the molecule is CC(C)(C)NC(=O)OCC1CCC(CN)CC1. The Morgan fingerprint density at radius 3 is 2.24 bits per heavy atom. The van der Waals surface area contributed by atoms with E-state index >= 15 is 0 Å². The summed E-state index contributed by atoms with van der Waals surface area (Å²) in [5.41, 5.74) is 5.42. The van der Waals surface area contributed by atoms with Crippen LogP contribution in [0.2, 0.25) is 0 Å². The summed E-state index contributed by atoms with van der Waals surface area (Å²) in [6.45, 7) is 7.17. The summed E-state index contributed by atoms with van der Waals surface area (Å²) in [5.74, 6) is 1.19. The lowest BCUT2D eigenvalue weighted by molar-refractivity contribution is 0.104. The van der Waals surface area contributed by atoms with Crippen molar-refractivity contribution in [2.24, 2.45) is 17.6 Å². The van der Waals surface area contributed by atoms with Crippen LogP contribution in [0, 0.1) is 11.8 Å². The fourth-order valence-electron chi connectivity index (χ4n) is 2.17. The maximum atomic E-state index is 11.5. The first-order valence-electron chi connectivity index (χ1n) is 6.55. The van der Waals surface area contributed by atoms with Crippen LogP contribution in [0.25, 0.3) is 0 Å². The predicted molar refractivity (Wildman–Crippen MR) is 68.7 cm³/mol. The number of carbonyl (C=O) groups is 1. The molecule has 0 saturated heterocycles. The third-order valence-electron chi connectivity index (χ3n) is 3.23. The van der Waals surface area contributed by atoms with Gasteiger partial charge in [0, 0.05) is 5.54 Å². The Labute approximate surface area is 104 Å². The zero-order valence-corrected chi connectivity index (χ0v) is 11.3. The van der Waals surface area contributed by atoms with Gasteiger partial charge in [-0.3, -0.25) is 0 Å². The second-order valence-corrected chi connectivity index (χ2v) is 6.10. The molecule has 0 heterocycles. The van der Waals surface area contributed by atoms with Crippen molar-refractivity contribution >= 4 is 6.09 Å². The molecule has 0 aromatic carbocycles. The number of rotatable bonds is 3. The molecule has 1 amide bonds. The summed E-state index contributed by atoms with van der Waals surface area (Å²) < 4.78 is 5.25. The molecule has 0 radical (unpaired) electrons. The second kappa shape index (κ2) is 6.24. The standard InChI is InChI=1S/C13H26N2O2/c1-13(2,3)15-12(16)17-9-11-6-4-10(8-14)5-7-11/h10-11H,4-9,14H2,1-3H3,(H,15,16). The Balaban J connectivity index is 2.17. The lowest BCUT2D eigenvalue weighted by Gasteiger charge is -2.27. The highest BCUT2D eigenvalue weighted by atomic mass is 16.5. The number of alkyl carbamates (subject to hydrolysis) is 1. The number of amides is 1. The van der Waals surface area contributed by atoms with E-state index in [-0.39, 0.29) is 11.6 Å². The Morgan fingerprint density at radius 2 is 1.76 bits per heavy atom. The van der Waals surface area contributed by atoms with E-state index < -0.39 is 0 Å². The molecule has 0 aromatic heterocycles. The van der Waals surface area contributed by atoms with Crippen LogP contribution >= 0.6 is 0 Å². The van der Waals surface area contributed by atoms with Crippen LogP contribution in [0.3, 0.4) is 0 Å². The number of carbonyl (C=O) groups excluding carboxylic acids is 1. The molecule has 17 heavy (non-hydrogen) atoms. The van der Waals surface area contributed by atoms with Gasteiger partial charge in [0.25, 0.3) is 0 Å². The summed E-state index contributed by atoms with van der Waals surface area (Å²) in [4.78, 5) is 11.5. The van der Waals surface area contributed by atoms with Crippen molar-refractivity contribution < 1.29 is 9.53 Å². The quantitative estimate of drug-likeness (QED) is 0.798. The molecular formula is C13H26N2O2. The molecule has 1 aliphatic carbocycles. The summed E-state index contributed by atoms with van der Waals surface area (Å²) in [6.07, 6.45) is 4.30. The Hall–Kier alpha value is -0.770. The summed E-state index contributed by atoms with van der Waals surface area (Å²) >= 11 is 0. The van der Waals surface area contributed by atoms with E-state index in [0.717, 1.165) is 19.4 Å². The molecule has 3 N–H and O–H groups in total. The van der Waals surface area contributed by atoms with Crippen LogP contribution in [0.15, 0.2) is 0 Å². The van der Waals surface area contributed by atoms with E-state index in [0.29, 0.717) is 18.4 Å². The van der Waals surface area contributed by atoms with Crippen molar-refractivity contribution in [3.05, 3.63) is 0 Å². The number of nitrogens with one attached hydrogen (secondary N) is 1. The topological polar surface area (TPSA) is 64.3 Å². The molecule has 4 heteroatoms. The minimum Gasteiger partial charge on any atom is -0.449 e. The maximum Gasteiger partial charge on any atom is 0.407 e. The van der Waals surface area contributed by atoms with Crippen LogP contribution < -0.4 is 11.1 Å². The van der Waals surface area contributed by atoms with E-state index in [4.69, 9.17) is 10.5 Å². The largest absolute Gasteiger partial charge is 0.449 e. The van der Waals surface area contributed by atoms with Crippen molar-refractivity contribution in [1.29, 1.82) is 0 Å². The van der Waals surface area contributed by atoms with Crippen molar-refractivity contribution in [1.82, 2.24) is 5.32 Å². The molecule has 1 saturated carbocycles. The van der Waals surface area contributed by atoms with Crippen LogP contribution in [-0.4, -0.2) is 24.8 Å². The number of nitrogens with two attached hydrogens (primary N) is 1. The van der Waals surface area contributed by atoms with Gasteiger partial charge in [-0.25, -0.2) is 4.79 Å². The molecule has 0 spiro atoms. The molecule has 1 aliphatic rings. The fourth-order valence-corrected chi connectivity index (χ4v) is 2.17. The lowest BCUT2D eigenvalue weighted by atomic mass is 9.82. The van der Waals surface area contributed by atoms with E-state index in [2.05, 4.69) is 5.32 Å². The maximum absolute atomic E-state index is 11.5. The van der Waals surface area contributed by atoms with Gasteiger partial charge in [0.05, 0.1) is 6.61 Å². The first-order chi connectivity index (χ1) is 7.90. The minimum absolute atomic E-state index is 0.228. The highest BCUT2D eigenvalue weighted by Gasteiger charge is 2.22. The number of hydrogen-bond donors (Lipinski definition) is 2. The summed E-state index contributed by atoms with van der Waals surface area (Å²) in [5, 5.41) is 2.80. The molecule has 1 rings (SSSR count). The average Bonchev–Trinajstić information content (AvgIpc) is 2.25. The molecular weight excluding hydrogens is 216 g/mol. The van der Waals surface area contributed by atoms with Crippen molar-refractivity contribution in [3.8, 4) is 0 Å². The van der Waals surface area contributed by atoms with E-state index in [1.54, 1.807) is 0 Å². The van der Waals surface area contributed by atoms with Crippen molar-refractivity contribution in [3.63, 3.8) is 0 Å². The highest BCUT2D eigenvalue weighted by molar-refractivity contribution is 5.68. The van der Waals surface area contributed by atoms with Gasteiger partial charge in [-0.15, -0.1) is 0 Å². The van der Waals surface area contributed by atoms with Crippen molar-refractivity contribution in [2.45, 2.75) is 52.0 Å². The van der Waals surface area contributed by atoms with Gasteiger partial charge in [-0.1, -0.05) is 0 Å². The van der Waals surface area contributed by atoms with Gasteiger partial charge >= 0.3 is 6.09 Å². The van der Waals surface area contributed by atoms with Gasteiger partial charge in [-0.05, 0) is 64.8 Å². The monoisotopic (exact) mass is 242 g/mol. The smallest absolute Gasteiger partial charge is 0.407 e. The molecule has 0 aromatic rings. The summed E-state index contributed by atoms with van der Waals surface area (Å²) in [7, 11) is 0. The van der Waals surface area contributed by atoms with Gasteiger partial charge in [0.2, 0.25) is 0 Å². The molecule has 4 nitrogen and oxygen atoms in total. The lowest BCUT2D eigenvalue weighted by Crippen LogP contribution is -2.41. The van der Waals surface area contributed by atoms with E-state index in [1.807, 2.05) is 20.8 Å². The minimum atomic E-state index is -0.307. The summed E-state index contributed by atoms with van der Waals surface area (Å²) in [6, 6.07) is 0. The third kappa shape index (κ3) is 5.91. The second-order valence-electron chi connectivity index (χ2n) is 6.10. The Kier molecular flexibility index (Phi) is 5.25. The predicted octanol–water partition coefficient (Wildman–Crippen LogP) is 2.28. The van der Waals surface area contributed by atoms with Crippen LogP contribution in [-0.2, 0) is 4.74 Å². The van der Waals surface area contributed by atoms with E-state index in [1.165, 1.54) is 12.8 Å². The Morgan fingerprint density at radius 1 is 1.24 bits per heavy atom. The normalized spacial score (nSPS) is 25.4. The molecule has 0 aliphatic heterocycles.